The van der Waals surface area contributed by atoms with Crippen molar-refractivity contribution in [2.24, 2.45) is 0 Å². The summed E-state index contributed by atoms with van der Waals surface area (Å²) in [6, 6.07) is 4.05. The molecule has 0 saturated heterocycles. The van der Waals surface area contributed by atoms with Gasteiger partial charge >= 0.3 is 12.3 Å². The number of ether oxygens (including phenoxy) is 4. The monoisotopic (exact) mass is 372 g/mol. The van der Waals surface area contributed by atoms with Crippen molar-refractivity contribution in [3.8, 4) is 28.5 Å². The minimum Gasteiger partial charge on any atom is -0.492 e. The molecule has 0 unspecified atom stereocenters. The van der Waals surface area contributed by atoms with Crippen LogP contribution < -0.4 is 19.9 Å². The molecule has 2 N–H and O–H groups in total. The van der Waals surface area contributed by atoms with Gasteiger partial charge in [0.25, 0.3) is 0 Å². The lowest BCUT2D eigenvalue weighted by Crippen LogP contribution is -2.26. The van der Waals surface area contributed by atoms with E-state index in [4.69, 9.17) is 22.1 Å². The second-order valence-electron chi connectivity index (χ2n) is 4.89. The van der Waals surface area contributed by atoms with Crippen LogP contribution in [0.15, 0.2) is 18.2 Å². The van der Waals surface area contributed by atoms with Gasteiger partial charge in [-0.1, -0.05) is 11.6 Å². The molecule has 1 aromatic carbocycles. The molecule has 1 aromatic heterocycles. The van der Waals surface area contributed by atoms with Crippen molar-refractivity contribution in [3.63, 3.8) is 0 Å². The van der Waals surface area contributed by atoms with Crippen molar-refractivity contribution in [1.82, 2.24) is 4.98 Å². The number of pyridine rings is 1. The number of carbonyl (C=O) groups excluding carboxylic acids is 1. The quantitative estimate of drug-likeness (QED) is 0.827. The number of aromatic nitrogens is 1. The van der Waals surface area contributed by atoms with Gasteiger partial charge in [0.15, 0.2) is 17.2 Å². The average Bonchev–Trinajstić information content (AvgIpc) is 2.89. The number of nitrogens with zero attached hydrogens (tertiary/aromatic N) is 1. The fraction of sp³-hybridized carbons (Fsp3) is 0.200. The van der Waals surface area contributed by atoms with E-state index in [1.807, 2.05) is 0 Å². The van der Waals surface area contributed by atoms with Gasteiger partial charge in [0.2, 0.25) is 5.75 Å². The number of hydrogen-bond donors (Lipinski definition) is 1. The van der Waals surface area contributed by atoms with Gasteiger partial charge in [-0.3, -0.25) is 0 Å². The van der Waals surface area contributed by atoms with Gasteiger partial charge in [0.05, 0.1) is 30.6 Å². The van der Waals surface area contributed by atoms with Gasteiger partial charge in [-0.15, -0.1) is 8.78 Å². The molecular formula is C15H11ClF2N2O5. The van der Waals surface area contributed by atoms with Crippen molar-refractivity contribution in [2.45, 2.75) is 6.29 Å². The highest BCUT2D eigenvalue weighted by molar-refractivity contribution is 6.35. The number of methoxy groups -OCH3 is 2. The molecule has 0 amide bonds. The second kappa shape index (κ2) is 5.92. The predicted molar refractivity (Wildman–Crippen MR) is 83.2 cm³/mol. The number of hydrogen-bond acceptors (Lipinski definition) is 7. The molecule has 2 aromatic rings. The molecule has 25 heavy (non-hydrogen) atoms. The molecule has 0 bridgehead atoms. The van der Waals surface area contributed by atoms with E-state index in [9.17, 15) is 13.6 Å². The van der Waals surface area contributed by atoms with Crippen molar-refractivity contribution >= 4 is 23.3 Å². The summed E-state index contributed by atoms with van der Waals surface area (Å²) >= 11 is 5.97. The zero-order valence-corrected chi connectivity index (χ0v) is 13.7. The van der Waals surface area contributed by atoms with Crippen LogP contribution in [-0.2, 0) is 4.74 Å². The first kappa shape index (κ1) is 17.0. The Morgan fingerprint density at radius 1 is 1.32 bits per heavy atom. The van der Waals surface area contributed by atoms with E-state index in [0.29, 0.717) is 0 Å². The number of rotatable bonds is 3. The maximum Gasteiger partial charge on any atom is 0.586 e. The fourth-order valence-electron chi connectivity index (χ4n) is 2.31. The maximum absolute atomic E-state index is 13.3. The Morgan fingerprint density at radius 3 is 2.68 bits per heavy atom. The standard InChI is InChI=1S/C15H11ClF2N2O5/c1-22-12-6(3-4-9-13(12)25-15(17,18)24-9)8-5-7(19)10(16)11(20-8)14(21)23-2/h3-5H,1-2H3,(H2,19,20). The molecule has 1 aliphatic heterocycles. The number of nitrogen functional groups attached to an aromatic ring is 1. The lowest BCUT2D eigenvalue weighted by molar-refractivity contribution is -0.287. The van der Waals surface area contributed by atoms with E-state index >= 15 is 0 Å². The highest BCUT2D eigenvalue weighted by atomic mass is 35.5. The van der Waals surface area contributed by atoms with Crippen LogP contribution in [0, 0.1) is 0 Å². The van der Waals surface area contributed by atoms with Crippen LogP contribution in [0.2, 0.25) is 5.02 Å². The van der Waals surface area contributed by atoms with Gasteiger partial charge in [0.1, 0.15) is 0 Å². The molecule has 1 aliphatic rings. The van der Waals surface area contributed by atoms with Gasteiger partial charge in [-0.05, 0) is 18.2 Å². The van der Waals surface area contributed by atoms with Crippen LogP contribution in [0.3, 0.4) is 0 Å². The SMILES string of the molecule is COC(=O)c1nc(-c2ccc3c(c2OC)OC(F)(F)O3)cc(N)c1Cl. The fourth-order valence-corrected chi connectivity index (χ4v) is 2.49. The summed E-state index contributed by atoms with van der Waals surface area (Å²) < 4.78 is 45.2. The molecule has 0 aliphatic carbocycles. The Balaban J connectivity index is 2.19. The zero-order chi connectivity index (χ0) is 18.4. The van der Waals surface area contributed by atoms with E-state index < -0.39 is 12.3 Å². The van der Waals surface area contributed by atoms with Crippen molar-refractivity contribution in [1.29, 1.82) is 0 Å². The molecule has 3 rings (SSSR count). The molecular weight excluding hydrogens is 362 g/mol. The summed E-state index contributed by atoms with van der Waals surface area (Å²) in [6.07, 6.45) is -3.81. The summed E-state index contributed by atoms with van der Waals surface area (Å²) in [4.78, 5) is 15.9. The number of carbonyl (C=O) groups is 1. The highest BCUT2D eigenvalue weighted by Gasteiger charge is 2.45. The number of fused-ring (bicyclic) bond motifs is 1. The number of esters is 1. The first-order chi connectivity index (χ1) is 11.8. The predicted octanol–water partition coefficient (Wildman–Crippen LogP) is 3.10. The number of nitrogens with two attached hydrogens (primary N) is 1. The number of anilines is 1. The minimum absolute atomic E-state index is 0.0529. The number of benzene rings is 1. The van der Waals surface area contributed by atoms with Crippen molar-refractivity contribution in [2.75, 3.05) is 20.0 Å². The van der Waals surface area contributed by atoms with Gasteiger partial charge in [-0.2, -0.15) is 0 Å². The third-order valence-corrected chi connectivity index (χ3v) is 3.77. The van der Waals surface area contributed by atoms with Crippen molar-refractivity contribution < 1.29 is 32.5 Å². The Kier molecular flexibility index (Phi) is 4.03. The van der Waals surface area contributed by atoms with Crippen LogP contribution in [0.1, 0.15) is 10.5 Å². The maximum atomic E-state index is 13.3. The molecule has 0 radical (unpaired) electrons. The summed E-state index contributed by atoms with van der Waals surface area (Å²) in [5.74, 6) is -1.34. The van der Waals surface area contributed by atoms with E-state index in [-0.39, 0.29) is 44.9 Å². The summed E-state index contributed by atoms with van der Waals surface area (Å²) in [5, 5.41) is -0.0816. The molecule has 0 atom stereocenters. The smallest absolute Gasteiger partial charge is 0.492 e. The van der Waals surface area contributed by atoms with Crippen LogP contribution in [0.4, 0.5) is 14.5 Å². The second-order valence-corrected chi connectivity index (χ2v) is 5.27. The molecule has 132 valence electrons. The Bertz CT molecular complexity index is 875. The summed E-state index contributed by atoms with van der Waals surface area (Å²) in [7, 11) is 2.42. The largest absolute Gasteiger partial charge is 0.586 e. The lowest BCUT2D eigenvalue weighted by Gasteiger charge is -2.13. The van der Waals surface area contributed by atoms with E-state index in [1.165, 1.54) is 25.3 Å². The molecule has 0 spiro atoms. The third-order valence-electron chi connectivity index (χ3n) is 3.37. The Labute approximate surface area is 145 Å². The van der Waals surface area contributed by atoms with E-state index in [0.717, 1.165) is 7.11 Å². The number of halogens is 3. The zero-order valence-electron chi connectivity index (χ0n) is 12.9. The summed E-state index contributed by atoms with van der Waals surface area (Å²) in [6.45, 7) is 0. The molecule has 10 heteroatoms. The molecule has 0 saturated carbocycles. The molecule has 7 nitrogen and oxygen atoms in total. The van der Waals surface area contributed by atoms with Crippen LogP contribution >= 0.6 is 11.6 Å². The average molecular weight is 373 g/mol. The topological polar surface area (TPSA) is 92.9 Å². The molecule has 0 fully saturated rings. The lowest BCUT2D eigenvalue weighted by atomic mass is 10.1. The Hall–Kier alpha value is -2.81. The third kappa shape index (κ3) is 2.86. The van der Waals surface area contributed by atoms with E-state index in [2.05, 4.69) is 19.2 Å². The van der Waals surface area contributed by atoms with Gasteiger partial charge < -0.3 is 24.7 Å². The van der Waals surface area contributed by atoms with E-state index in [1.54, 1.807) is 0 Å². The van der Waals surface area contributed by atoms with Crippen molar-refractivity contribution in [3.05, 3.63) is 28.9 Å². The summed E-state index contributed by atoms with van der Waals surface area (Å²) in [5.41, 5.74) is 6.04. The first-order valence-corrected chi connectivity index (χ1v) is 7.16. The Morgan fingerprint density at radius 2 is 2.04 bits per heavy atom. The van der Waals surface area contributed by atoms with Gasteiger partial charge in [-0.25, -0.2) is 9.78 Å². The van der Waals surface area contributed by atoms with Crippen LogP contribution in [-0.4, -0.2) is 31.5 Å². The molecule has 2 heterocycles. The first-order valence-electron chi connectivity index (χ1n) is 6.79. The van der Waals surface area contributed by atoms with Crippen LogP contribution in [0.5, 0.6) is 17.2 Å². The minimum atomic E-state index is -3.81. The normalized spacial score (nSPS) is 14.3. The highest BCUT2D eigenvalue weighted by Crippen LogP contribution is 2.51. The van der Waals surface area contributed by atoms with Crippen LogP contribution in [0.25, 0.3) is 11.3 Å². The van der Waals surface area contributed by atoms with Gasteiger partial charge in [0, 0.05) is 5.56 Å². The number of alkyl halides is 2.